The highest BCUT2D eigenvalue weighted by Gasteiger charge is 2.25. The van der Waals surface area contributed by atoms with Crippen LogP contribution in [0.4, 0.5) is 17.1 Å². The molecule has 248 valence electrons. The Balaban J connectivity index is 1.02. The molecule has 1 aromatic heterocycles. The van der Waals surface area contributed by atoms with Gasteiger partial charge in [-0.1, -0.05) is 115 Å². The van der Waals surface area contributed by atoms with Crippen LogP contribution in [0.3, 0.4) is 0 Å². The zero-order chi connectivity index (χ0) is 35.0. The molecule has 0 amide bonds. The van der Waals surface area contributed by atoms with Gasteiger partial charge in [-0.3, -0.25) is 0 Å². The van der Waals surface area contributed by atoms with Crippen LogP contribution >= 0.6 is 0 Å². The molecule has 11 rings (SSSR count). The second-order valence-electron chi connectivity index (χ2n) is 14.2. The molecule has 10 aromatic rings. The van der Waals surface area contributed by atoms with Gasteiger partial charge in [-0.05, 0) is 135 Å². The predicted octanol–water partition coefficient (Wildman–Crippen LogP) is 14.2. The summed E-state index contributed by atoms with van der Waals surface area (Å²) in [5.41, 5.74) is 16.1. The summed E-state index contributed by atoms with van der Waals surface area (Å²) in [4.78, 5) is 2.42. The highest BCUT2D eigenvalue weighted by molar-refractivity contribution is 6.13. The van der Waals surface area contributed by atoms with Gasteiger partial charge in [0.1, 0.15) is 0 Å². The molecule has 0 spiro atoms. The Morgan fingerprint density at radius 3 is 1.58 bits per heavy atom. The molecule has 1 heterocycles. The summed E-state index contributed by atoms with van der Waals surface area (Å²) in [7, 11) is 0. The number of aromatic nitrogens is 1. The fourth-order valence-electron chi connectivity index (χ4n) is 8.63. The number of nitrogens with zero attached hydrogens (tertiary/aromatic N) is 2. The Hall–Kier alpha value is -6.90. The summed E-state index contributed by atoms with van der Waals surface area (Å²) in [5.74, 6) is 0. The second kappa shape index (κ2) is 11.6. The van der Waals surface area contributed by atoms with E-state index in [0.717, 1.165) is 11.4 Å². The van der Waals surface area contributed by atoms with E-state index in [9.17, 15) is 0 Å². The first kappa shape index (κ1) is 29.8. The third kappa shape index (κ3) is 4.59. The van der Waals surface area contributed by atoms with E-state index in [-0.39, 0.29) is 0 Å². The first-order valence-corrected chi connectivity index (χ1v) is 18.3. The molecule has 0 saturated heterocycles. The van der Waals surface area contributed by atoms with Crippen molar-refractivity contribution in [3.63, 3.8) is 0 Å². The Morgan fingerprint density at radius 2 is 0.906 bits per heavy atom. The summed E-state index contributed by atoms with van der Waals surface area (Å²) >= 11 is 0. The molecular weight excluding hydrogens is 641 g/mol. The number of fused-ring (bicyclic) bond motifs is 9. The van der Waals surface area contributed by atoms with Crippen molar-refractivity contribution in [1.82, 2.24) is 4.57 Å². The van der Waals surface area contributed by atoms with Crippen molar-refractivity contribution in [3.8, 4) is 39.1 Å². The van der Waals surface area contributed by atoms with Gasteiger partial charge in [0.25, 0.3) is 0 Å². The highest BCUT2D eigenvalue weighted by atomic mass is 15.1. The van der Waals surface area contributed by atoms with E-state index in [1.807, 2.05) is 0 Å². The fourth-order valence-corrected chi connectivity index (χ4v) is 8.63. The molecule has 2 heteroatoms. The molecule has 0 saturated carbocycles. The first-order valence-electron chi connectivity index (χ1n) is 18.3. The lowest BCUT2D eigenvalue weighted by Gasteiger charge is -2.30. The van der Waals surface area contributed by atoms with Crippen LogP contribution in [0.1, 0.15) is 5.56 Å². The van der Waals surface area contributed by atoms with E-state index in [1.54, 1.807) is 0 Å². The fraction of sp³-hybridized carbons (Fsp3) is 0.0196. The summed E-state index contributed by atoms with van der Waals surface area (Å²) in [6, 6.07) is 69.0. The van der Waals surface area contributed by atoms with Crippen LogP contribution < -0.4 is 4.90 Å². The predicted molar refractivity (Wildman–Crippen MR) is 225 cm³/mol. The minimum Gasteiger partial charge on any atom is -0.310 e. The van der Waals surface area contributed by atoms with Gasteiger partial charge in [0.15, 0.2) is 0 Å². The summed E-state index contributed by atoms with van der Waals surface area (Å²) in [5, 5.41) is 7.58. The molecular formula is C51H34N2. The number of aryl methyl sites for hydroxylation is 1. The van der Waals surface area contributed by atoms with Gasteiger partial charge < -0.3 is 9.47 Å². The number of anilines is 3. The van der Waals surface area contributed by atoms with Crippen molar-refractivity contribution < 1.29 is 0 Å². The lowest BCUT2D eigenvalue weighted by molar-refractivity contribution is 1.19. The molecule has 0 fully saturated rings. The number of benzene rings is 9. The van der Waals surface area contributed by atoms with Crippen LogP contribution in [0.2, 0.25) is 0 Å². The topological polar surface area (TPSA) is 8.17 Å². The maximum Gasteiger partial charge on any atom is 0.0541 e. The van der Waals surface area contributed by atoms with E-state index >= 15 is 0 Å². The van der Waals surface area contributed by atoms with E-state index in [4.69, 9.17) is 0 Å². The van der Waals surface area contributed by atoms with Gasteiger partial charge in [-0.2, -0.15) is 0 Å². The van der Waals surface area contributed by atoms with Gasteiger partial charge in [-0.15, -0.1) is 0 Å². The van der Waals surface area contributed by atoms with Crippen LogP contribution in [-0.4, -0.2) is 4.57 Å². The number of rotatable bonds is 5. The Labute approximate surface area is 308 Å². The molecule has 0 aliphatic heterocycles. The van der Waals surface area contributed by atoms with Crippen molar-refractivity contribution in [2.45, 2.75) is 6.92 Å². The minimum atomic E-state index is 1.14. The third-order valence-corrected chi connectivity index (χ3v) is 11.2. The minimum absolute atomic E-state index is 1.14. The Kier molecular flexibility index (Phi) is 6.50. The van der Waals surface area contributed by atoms with E-state index in [1.165, 1.54) is 93.7 Å². The number of hydrogen-bond donors (Lipinski definition) is 0. The first-order chi connectivity index (χ1) is 26.2. The highest BCUT2D eigenvalue weighted by Crippen LogP contribution is 2.51. The molecule has 2 nitrogen and oxygen atoms in total. The summed E-state index contributed by atoms with van der Waals surface area (Å²) in [6.45, 7) is 2.20. The lowest BCUT2D eigenvalue weighted by Crippen LogP contribution is -2.12. The van der Waals surface area contributed by atoms with Crippen molar-refractivity contribution in [3.05, 3.63) is 194 Å². The molecule has 9 aromatic carbocycles. The molecule has 53 heavy (non-hydrogen) atoms. The molecule has 0 N–H and O–H groups in total. The maximum atomic E-state index is 2.42. The summed E-state index contributed by atoms with van der Waals surface area (Å²) < 4.78 is 2.40. The van der Waals surface area contributed by atoms with Crippen LogP contribution in [-0.2, 0) is 0 Å². The van der Waals surface area contributed by atoms with E-state index in [0.29, 0.717) is 0 Å². The van der Waals surface area contributed by atoms with Gasteiger partial charge >= 0.3 is 0 Å². The lowest BCUT2D eigenvalue weighted by atomic mass is 9.78. The van der Waals surface area contributed by atoms with Crippen LogP contribution in [0.25, 0.3) is 82.4 Å². The maximum absolute atomic E-state index is 2.42. The van der Waals surface area contributed by atoms with E-state index in [2.05, 4.69) is 204 Å². The SMILES string of the molecule is Cc1ccccc1N(c1ccc2cc3c(cc2c1)-c1cc2ccc(-n4c5ccccc5c5ccccc54)cc2cc1-3)c1ccccc1-c1ccccc1. The van der Waals surface area contributed by atoms with Crippen LogP contribution in [0.5, 0.6) is 0 Å². The van der Waals surface area contributed by atoms with Gasteiger partial charge in [-0.25, -0.2) is 0 Å². The largest absolute Gasteiger partial charge is 0.310 e. The average Bonchev–Trinajstić information content (AvgIpc) is 3.55. The van der Waals surface area contributed by atoms with E-state index < -0.39 is 0 Å². The standard InChI is InChI=1S/C51H34N2/c1-33-13-5-9-19-48(33)52(49-20-10-6-16-41(49)34-14-3-2-4-15-34)39-25-23-35-29-44-46(31-37(35)27-39)45-30-36-24-26-40(28-38(36)32-47(44)45)53-50-21-11-7-17-42(50)43-18-8-12-22-51(43)53/h2-32H,1H3. The Bertz CT molecular complexity index is 3020. The average molecular weight is 675 g/mol. The van der Waals surface area contributed by atoms with Crippen molar-refractivity contribution >= 4 is 60.4 Å². The molecule has 0 radical (unpaired) electrons. The third-order valence-electron chi connectivity index (χ3n) is 11.2. The molecule has 0 atom stereocenters. The zero-order valence-corrected chi connectivity index (χ0v) is 29.3. The summed E-state index contributed by atoms with van der Waals surface area (Å²) in [6.07, 6.45) is 0. The number of hydrogen-bond acceptors (Lipinski definition) is 1. The van der Waals surface area contributed by atoms with Crippen molar-refractivity contribution in [2.75, 3.05) is 4.90 Å². The van der Waals surface area contributed by atoms with Crippen molar-refractivity contribution in [1.29, 1.82) is 0 Å². The number of para-hydroxylation sites is 4. The van der Waals surface area contributed by atoms with Gasteiger partial charge in [0, 0.05) is 33.4 Å². The molecule has 0 bridgehead atoms. The second-order valence-corrected chi connectivity index (χ2v) is 14.2. The van der Waals surface area contributed by atoms with Gasteiger partial charge in [0.2, 0.25) is 0 Å². The smallest absolute Gasteiger partial charge is 0.0541 e. The van der Waals surface area contributed by atoms with Gasteiger partial charge in [0.05, 0.1) is 16.7 Å². The monoisotopic (exact) mass is 674 g/mol. The van der Waals surface area contributed by atoms with Crippen LogP contribution in [0, 0.1) is 6.92 Å². The normalized spacial score (nSPS) is 11.9. The Morgan fingerprint density at radius 1 is 0.377 bits per heavy atom. The zero-order valence-electron chi connectivity index (χ0n) is 29.3. The molecule has 1 aliphatic rings. The quantitative estimate of drug-likeness (QED) is 0.176. The van der Waals surface area contributed by atoms with Crippen LogP contribution in [0.15, 0.2) is 188 Å². The molecule has 1 aliphatic carbocycles. The van der Waals surface area contributed by atoms with Crippen molar-refractivity contribution in [2.24, 2.45) is 0 Å². The molecule has 0 unspecified atom stereocenters.